The molecular formula is C12H20FN. The van der Waals surface area contributed by atoms with Gasteiger partial charge in [0.05, 0.1) is 0 Å². The Hall–Kier alpha value is -0.530. The summed E-state index contributed by atoms with van der Waals surface area (Å²) in [6, 6.07) is 0.437. The number of hydrogen-bond acceptors (Lipinski definition) is 1. The number of hydrogen-bond donors (Lipinski definition) is 1. The molecule has 0 aliphatic heterocycles. The van der Waals surface area contributed by atoms with Crippen molar-refractivity contribution in [3.63, 3.8) is 0 Å². The second-order valence-corrected chi connectivity index (χ2v) is 5.62. The molecule has 0 aromatic carbocycles. The highest BCUT2D eigenvalue weighted by Gasteiger charge is 2.70. The molecule has 0 radical (unpaired) electrons. The Morgan fingerprint density at radius 1 is 1.29 bits per heavy atom. The molecule has 1 N–H and O–H groups in total. The van der Waals surface area contributed by atoms with Crippen LogP contribution in [-0.2, 0) is 0 Å². The van der Waals surface area contributed by atoms with Crippen LogP contribution in [0.3, 0.4) is 0 Å². The maximum atomic E-state index is 13.3. The number of allylic oxidation sites excluding steroid dienone is 1. The zero-order chi connectivity index (χ0) is 10.6. The van der Waals surface area contributed by atoms with E-state index in [0.29, 0.717) is 31.2 Å². The summed E-state index contributed by atoms with van der Waals surface area (Å²) in [6.07, 6.45) is 2.12. The highest BCUT2D eigenvalue weighted by molar-refractivity contribution is 5.31. The van der Waals surface area contributed by atoms with Crippen LogP contribution in [0.2, 0.25) is 0 Å². The van der Waals surface area contributed by atoms with E-state index in [9.17, 15) is 4.39 Å². The van der Waals surface area contributed by atoms with Crippen LogP contribution in [0.5, 0.6) is 0 Å². The third-order valence-corrected chi connectivity index (χ3v) is 4.01. The minimum Gasteiger partial charge on any atom is -0.386 e. The van der Waals surface area contributed by atoms with Crippen LogP contribution in [0.15, 0.2) is 12.3 Å². The van der Waals surface area contributed by atoms with Gasteiger partial charge in [-0.15, -0.1) is 0 Å². The maximum absolute atomic E-state index is 13.3. The molecule has 3 fully saturated rings. The van der Waals surface area contributed by atoms with E-state index in [4.69, 9.17) is 0 Å². The lowest BCUT2D eigenvalue weighted by Gasteiger charge is -2.66. The molecule has 1 atom stereocenters. The van der Waals surface area contributed by atoms with E-state index in [1.807, 2.05) is 0 Å². The summed E-state index contributed by atoms with van der Waals surface area (Å²) < 4.78 is 13.3. The van der Waals surface area contributed by atoms with Crippen LogP contribution >= 0.6 is 0 Å². The lowest BCUT2D eigenvalue weighted by atomic mass is 9.41. The lowest BCUT2D eigenvalue weighted by Crippen LogP contribution is -2.66. The standard InChI is InChI=1S/C12H20FN/c1-8(2)9(3)14-10(4)11-5-12(13,6-11)7-11/h8-9,14H,4-7H2,1-3H3/t9-,11?,12?/m1/s1. The van der Waals surface area contributed by atoms with Crippen molar-refractivity contribution in [1.82, 2.24) is 5.32 Å². The second-order valence-electron chi connectivity index (χ2n) is 5.62. The third kappa shape index (κ3) is 1.27. The monoisotopic (exact) mass is 197 g/mol. The van der Waals surface area contributed by atoms with Gasteiger partial charge in [0.1, 0.15) is 5.67 Å². The second kappa shape index (κ2) is 2.74. The molecule has 0 aromatic heterocycles. The first-order chi connectivity index (χ1) is 6.37. The van der Waals surface area contributed by atoms with E-state index < -0.39 is 5.67 Å². The van der Waals surface area contributed by atoms with E-state index in [2.05, 4.69) is 32.7 Å². The molecule has 3 aliphatic carbocycles. The van der Waals surface area contributed by atoms with Gasteiger partial charge in [0.25, 0.3) is 0 Å². The maximum Gasteiger partial charge on any atom is 0.113 e. The van der Waals surface area contributed by atoms with Crippen LogP contribution in [-0.4, -0.2) is 11.7 Å². The first-order valence-corrected chi connectivity index (χ1v) is 5.52. The molecule has 3 rings (SSSR count). The topological polar surface area (TPSA) is 12.0 Å². The van der Waals surface area contributed by atoms with Gasteiger partial charge in [-0.2, -0.15) is 0 Å². The fourth-order valence-electron chi connectivity index (χ4n) is 2.58. The fourth-order valence-corrected chi connectivity index (χ4v) is 2.58. The summed E-state index contributed by atoms with van der Waals surface area (Å²) in [5.74, 6) is 0.596. The van der Waals surface area contributed by atoms with Crippen molar-refractivity contribution in [2.24, 2.45) is 11.3 Å². The Morgan fingerprint density at radius 3 is 2.14 bits per heavy atom. The molecule has 0 saturated heterocycles. The minimum absolute atomic E-state index is 0.123. The Bertz CT molecular complexity index is 250. The highest BCUT2D eigenvalue weighted by atomic mass is 19.1. The average Bonchev–Trinajstić information content (AvgIpc) is 1.96. The molecule has 0 spiro atoms. The van der Waals surface area contributed by atoms with Crippen molar-refractivity contribution in [1.29, 1.82) is 0 Å². The van der Waals surface area contributed by atoms with Gasteiger partial charge in [-0.3, -0.25) is 0 Å². The van der Waals surface area contributed by atoms with Gasteiger partial charge in [-0.25, -0.2) is 4.39 Å². The van der Waals surface area contributed by atoms with Crippen LogP contribution in [0.4, 0.5) is 4.39 Å². The first kappa shape index (κ1) is 10.0. The zero-order valence-corrected chi connectivity index (χ0v) is 9.36. The molecule has 14 heavy (non-hydrogen) atoms. The Morgan fingerprint density at radius 2 is 1.79 bits per heavy atom. The van der Waals surface area contributed by atoms with Gasteiger partial charge < -0.3 is 5.32 Å². The van der Waals surface area contributed by atoms with Gasteiger partial charge in [0.15, 0.2) is 0 Å². The summed E-state index contributed by atoms with van der Waals surface area (Å²) in [4.78, 5) is 0. The molecule has 0 aromatic rings. The summed E-state index contributed by atoms with van der Waals surface area (Å²) in [5.41, 5.74) is 0.377. The van der Waals surface area contributed by atoms with E-state index in [1.165, 1.54) is 0 Å². The Labute approximate surface area is 85.8 Å². The zero-order valence-electron chi connectivity index (χ0n) is 9.36. The van der Waals surface area contributed by atoms with Crippen molar-refractivity contribution < 1.29 is 4.39 Å². The van der Waals surface area contributed by atoms with Crippen LogP contribution in [0.25, 0.3) is 0 Å². The Balaban J connectivity index is 1.86. The molecule has 80 valence electrons. The number of nitrogens with one attached hydrogen (secondary N) is 1. The summed E-state index contributed by atoms with van der Waals surface area (Å²) in [7, 11) is 0. The molecule has 0 heterocycles. The van der Waals surface area contributed by atoms with E-state index >= 15 is 0 Å². The highest BCUT2D eigenvalue weighted by Crippen LogP contribution is 2.71. The van der Waals surface area contributed by atoms with Crippen LogP contribution < -0.4 is 5.32 Å². The Kier molecular flexibility index (Phi) is 1.96. The summed E-state index contributed by atoms with van der Waals surface area (Å²) in [6.45, 7) is 10.6. The number of rotatable bonds is 4. The van der Waals surface area contributed by atoms with Crippen molar-refractivity contribution in [2.45, 2.75) is 51.7 Å². The summed E-state index contributed by atoms with van der Waals surface area (Å²) in [5, 5.41) is 3.42. The molecule has 2 heteroatoms. The first-order valence-electron chi connectivity index (χ1n) is 5.52. The fraction of sp³-hybridized carbons (Fsp3) is 0.833. The van der Waals surface area contributed by atoms with Crippen molar-refractivity contribution in [3.8, 4) is 0 Å². The molecule has 1 nitrogen and oxygen atoms in total. The van der Waals surface area contributed by atoms with Crippen molar-refractivity contribution >= 4 is 0 Å². The lowest BCUT2D eigenvalue weighted by molar-refractivity contribution is -0.192. The van der Waals surface area contributed by atoms with Gasteiger partial charge in [-0.05, 0) is 32.1 Å². The van der Waals surface area contributed by atoms with Crippen molar-refractivity contribution in [2.75, 3.05) is 0 Å². The minimum atomic E-state index is -0.814. The molecule has 0 unspecified atom stereocenters. The van der Waals surface area contributed by atoms with Gasteiger partial charge in [0.2, 0.25) is 0 Å². The van der Waals surface area contributed by atoms with E-state index in [1.54, 1.807) is 0 Å². The quantitative estimate of drug-likeness (QED) is 0.730. The number of alkyl halides is 1. The normalized spacial score (nSPS) is 41.2. The molecule has 3 aliphatic rings. The largest absolute Gasteiger partial charge is 0.386 e. The van der Waals surface area contributed by atoms with Crippen LogP contribution in [0.1, 0.15) is 40.0 Å². The van der Waals surface area contributed by atoms with Gasteiger partial charge in [-0.1, -0.05) is 20.4 Å². The predicted octanol–water partition coefficient (Wildman–Crippen LogP) is 3.03. The third-order valence-electron chi connectivity index (χ3n) is 4.01. The van der Waals surface area contributed by atoms with Crippen LogP contribution in [0, 0.1) is 11.3 Å². The van der Waals surface area contributed by atoms with Crippen molar-refractivity contribution in [3.05, 3.63) is 12.3 Å². The van der Waals surface area contributed by atoms with Gasteiger partial charge in [0, 0.05) is 17.2 Å². The smallest absolute Gasteiger partial charge is 0.113 e. The molecule has 3 saturated carbocycles. The molecule has 0 amide bonds. The van der Waals surface area contributed by atoms with E-state index in [0.717, 1.165) is 5.70 Å². The van der Waals surface area contributed by atoms with E-state index in [-0.39, 0.29) is 5.41 Å². The SMILES string of the molecule is C=C(N[C@H](C)C(C)C)C12CC(F)(C1)C2. The summed E-state index contributed by atoms with van der Waals surface area (Å²) >= 11 is 0. The molecule has 2 bridgehead atoms. The average molecular weight is 197 g/mol. The molecular weight excluding hydrogens is 177 g/mol. The predicted molar refractivity (Wildman–Crippen MR) is 56.7 cm³/mol. The van der Waals surface area contributed by atoms with Gasteiger partial charge >= 0.3 is 0 Å². The number of halogens is 1.